The monoisotopic (exact) mass is 390 g/mol. The lowest BCUT2D eigenvalue weighted by molar-refractivity contribution is 0.309. The molecule has 2 N–H and O–H groups in total. The number of nitrogens with one attached hydrogen (secondary N) is 2. The number of sulfonamides is 1. The smallest absolute Gasteiger partial charge is 0.293 e. The summed E-state index contributed by atoms with van der Waals surface area (Å²) in [7, 11) is -3.72. The summed E-state index contributed by atoms with van der Waals surface area (Å²) in [5.74, 6) is 0.309. The molecule has 3 rings (SSSR count). The molecule has 1 aromatic heterocycles. The standard InChI is InChI=1S/C14H16Cl2N4O3S/c1-8-11(15)5-10(6-12(8)16)24(22,23)20-4-2-3-9(7-20)13-17-14(21)19-18-13/h5-6,9H,2-4,7H2,1H3,(H2,17,18,19,21). The zero-order valence-electron chi connectivity index (χ0n) is 12.8. The molecule has 0 bridgehead atoms. The maximum Gasteiger partial charge on any atom is 0.340 e. The number of benzene rings is 1. The maximum absolute atomic E-state index is 12.9. The van der Waals surface area contributed by atoms with E-state index in [1.807, 2.05) is 0 Å². The predicted octanol–water partition coefficient (Wildman–Crippen LogP) is 2.28. The van der Waals surface area contributed by atoms with Crippen molar-refractivity contribution in [2.24, 2.45) is 0 Å². The number of piperidine rings is 1. The summed E-state index contributed by atoms with van der Waals surface area (Å²) in [4.78, 5) is 13.9. The van der Waals surface area contributed by atoms with Gasteiger partial charge in [-0.15, -0.1) is 0 Å². The second-order valence-electron chi connectivity index (χ2n) is 5.78. The molecule has 1 aromatic carbocycles. The molecular weight excluding hydrogens is 375 g/mol. The molecule has 1 aliphatic rings. The Bertz CT molecular complexity index is 899. The third-order valence-electron chi connectivity index (χ3n) is 4.18. The second kappa shape index (κ2) is 6.51. The molecule has 10 heteroatoms. The van der Waals surface area contributed by atoms with E-state index in [4.69, 9.17) is 23.2 Å². The Balaban J connectivity index is 1.90. The molecule has 2 aromatic rings. The van der Waals surface area contributed by atoms with E-state index in [0.29, 0.717) is 34.4 Å². The molecule has 2 heterocycles. The van der Waals surface area contributed by atoms with Gasteiger partial charge in [-0.25, -0.2) is 18.3 Å². The van der Waals surface area contributed by atoms with Gasteiger partial charge in [-0.05, 0) is 37.5 Å². The highest BCUT2D eigenvalue weighted by molar-refractivity contribution is 7.89. The predicted molar refractivity (Wildman–Crippen MR) is 91.1 cm³/mol. The van der Waals surface area contributed by atoms with Crippen molar-refractivity contribution in [2.45, 2.75) is 30.6 Å². The molecule has 0 spiro atoms. The van der Waals surface area contributed by atoms with Crippen LogP contribution in [0.3, 0.4) is 0 Å². The Morgan fingerprint density at radius 2 is 1.96 bits per heavy atom. The largest absolute Gasteiger partial charge is 0.340 e. The van der Waals surface area contributed by atoms with Crippen molar-refractivity contribution in [2.75, 3.05) is 13.1 Å². The van der Waals surface area contributed by atoms with Gasteiger partial charge < -0.3 is 0 Å². The van der Waals surface area contributed by atoms with E-state index in [1.165, 1.54) is 16.4 Å². The molecule has 24 heavy (non-hydrogen) atoms. The van der Waals surface area contributed by atoms with Crippen LogP contribution in [0.1, 0.15) is 30.1 Å². The van der Waals surface area contributed by atoms with E-state index in [9.17, 15) is 13.2 Å². The molecule has 1 fully saturated rings. The van der Waals surface area contributed by atoms with Gasteiger partial charge in [0.05, 0.1) is 4.90 Å². The molecule has 7 nitrogen and oxygen atoms in total. The number of halogens is 2. The molecule has 130 valence electrons. The Kier molecular flexibility index (Phi) is 4.74. The molecule has 1 atom stereocenters. The van der Waals surface area contributed by atoms with Crippen LogP contribution in [0.4, 0.5) is 0 Å². The van der Waals surface area contributed by atoms with Crippen molar-refractivity contribution in [3.63, 3.8) is 0 Å². The zero-order chi connectivity index (χ0) is 17.5. The molecule has 0 radical (unpaired) electrons. The Labute approximate surface area is 149 Å². The van der Waals surface area contributed by atoms with Crippen molar-refractivity contribution in [3.05, 3.63) is 44.1 Å². The van der Waals surface area contributed by atoms with E-state index in [-0.39, 0.29) is 17.4 Å². The zero-order valence-corrected chi connectivity index (χ0v) is 15.2. The summed E-state index contributed by atoms with van der Waals surface area (Å²) in [6, 6.07) is 2.83. The average molecular weight is 391 g/mol. The maximum atomic E-state index is 12.9. The second-order valence-corrected chi connectivity index (χ2v) is 8.53. The highest BCUT2D eigenvalue weighted by atomic mass is 35.5. The molecule has 0 saturated carbocycles. The van der Waals surface area contributed by atoms with Gasteiger partial charge in [0.25, 0.3) is 0 Å². The number of hydrogen-bond donors (Lipinski definition) is 2. The van der Waals surface area contributed by atoms with Gasteiger partial charge in [0.1, 0.15) is 5.82 Å². The van der Waals surface area contributed by atoms with Crippen LogP contribution in [0.25, 0.3) is 0 Å². The lowest BCUT2D eigenvalue weighted by Crippen LogP contribution is -2.39. The molecule has 1 unspecified atom stereocenters. The lowest BCUT2D eigenvalue weighted by Gasteiger charge is -2.30. The summed E-state index contributed by atoms with van der Waals surface area (Å²) in [5, 5.41) is 6.84. The van der Waals surface area contributed by atoms with E-state index in [1.54, 1.807) is 6.92 Å². The van der Waals surface area contributed by atoms with E-state index in [2.05, 4.69) is 15.2 Å². The fourth-order valence-electron chi connectivity index (χ4n) is 2.78. The first kappa shape index (κ1) is 17.5. The van der Waals surface area contributed by atoms with Crippen LogP contribution >= 0.6 is 23.2 Å². The topological polar surface area (TPSA) is 98.9 Å². The van der Waals surface area contributed by atoms with Crippen molar-refractivity contribution in [3.8, 4) is 0 Å². The summed E-state index contributed by atoms with van der Waals surface area (Å²) >= 11 is 12.1. The summed E-state index contributed by atoms with van der Waals surface area (Å²) in [5.41, 5.74) is 0.241. The number of hydrogen-bond acceptors (Lipinski definition) is 4. The third kappa shape index (κ3) is 3.23. The normalized spacial score (nSPS) is 19.5. The summed E-state index contributed by atoms with van der Waals surface area (Å²) < 4.78 is 27.2. The minimum absolute atomic E-state index is 0.0688. The van der Waals surface area contributed by atoms with E-state index >= 15 is 0 Å². The van der Waals surface area contributed by atoms with Crippen LogP contribution in [0.5, 0.6) is 0 Å². The van der Waals surface area contributed by atoms with Gasteiger partial charge >= 0.3 is 5.69 Å². The Hall–Kier alpha value is -1.35. The molecular formula is C14H16Cl2N4O3S. The van der Waals surface area contributed by atoms with Gasteiger partial charge in [-0.3, -0.25) is 4.98 Å². The number of aromatic nitrogens is 3. The lowest BCUT2D eigenvalue weighted by atomic mass is 9.99. The average Bonchev–Trinajstić information content (AvgIpc) is 2.98. The first-order valence-corrected chi connectivity index (χ1v) is 9.59. The minimum Gasteiger partial charge on any atom is -0.293 e. The number of nitrogens with zero attached hydrogens (tertiary/aromatic N) is 2. The Morgan fingerprint density at radius 1 is 1.29 bits per heavy atom. The SMILES string of the molecule is Cc1c(Cl)cc(S(=O)(=O)N2CCCC(c3n[nH]c(=O)[nH]3)C2)cc1Cl. The van der Waals surface area contributed by atoms with Crippen LogP contribution < -0.4 is 5.69 Å². The first-order valence-electron chi connectivity index (χ1n) is 7.39. The van der Waals surface area contributed by atoms with Gasteiger partial charge in [-0.1, -0.05) is 23.2 Å². The van der Waals surface area contributed by atoms with Crippen molar-refractivity contribution >= 4 is 33.2 Å². The van der Waals surface area contributed by atoms with Gasteiger partial charge in [0.15, 0.2) is 0 Å². The van der Waals surface area contributed by atoms with Crippen molar-refractivity contribution in [1.29, 1.82) is 0 Å². The quantitative estimate of drug-likeness (QED) is 0.839. The highest BCUT2D eigenvalue weighted by Crippen LogP contribution is 2.32. The van der Waals surface area contributed by atoms with Crippen LogP contribution in [-0.4, -0.2) is 41.0 Å². The van der Waals surface area contributed by atoms with Crippen molar-refractivity contribution < 1.29 is 8.42 Å². The van der Waals surface area contributed by atoms with Crippen LogP contribution in [0, 0.1) is 6.92 Å². The van der Waals surface area contributed by atoms with Gasteiger partial charge in [0.2, 0.25) is 10.0 Å². The first-order chi connectivity index (χ1) is 11.3. The van der Waals surface area contributed by atoms with Gasteiger partial charge in [-0.2, -0.15) is 9.40 Å². The Morgan fingerprint density at radius 3 is 2.54 bits per heavy atom. The molecule has 1 aliphatic heterocycles. The van der Waals surface area contributed by atoms with Gasteiger partial charge in [0, 0.05) is 29.1 Å². The third-order valence-corrected chi connectivity index (χ3v) is 6.81. The van der Waals surface area contributed by atoms with Crippen LogP contribution in [0.2, 0.25) is 10.0 Å². The molecule has 1 saturated heterocycles. The van der Waals surface area contributed by atoms with Crippen molar-refractivity contribution in [1.82, 2.24) is 19.5 Å². The van der Waals surface area contributed by atoms with E-state index in [0.717, 1.165) is 6.42 Å². The van der Waals surface area contributed by atoms with Crippen LogP contribution in [0.15, 0.2) is 21.8 Å². The molecule has 0 aliphatic carbocycles. The minimum atomic E-state index is -3.72. The fraction of sp³-hybridized carbons (Fsp3) is 0.429. The summed E-state index contributed by atoms with van der Waals surface area (Å²) in [6.45, 7) is 2.37. The van der Waals surface area contributed by atoms with E-state index < -0.39 is 15.7 Å². The highest BCUT2D eigenvalue weighted by Gasteiger charge is 2.32. The number of H-pyrrole nitrogens is 2. The summed E-state index contributed by atoms with van der Waals surface area (Å²) in [6.07, 6.45) is 1.42. The number of aromatic amines is 2. The molecule has 0 amide bonds. The van der Waals surface area contributed by atoms with Crippen LogP contribution in [-0.2, 0) is 10.0 Å². The fourth-order valence-corrected chi connectivity index (χ4v) is 4.97. The number of rotatable bonds is 3.